The molecule has 33 heavy (non-hydrogen) atoms. The van der Waals surface area contributed by atoms with Crippen LogP contribution in [0.25, 0.3) is 16.8 Å². The van der Waals surface area contributed by atoms with Crippen LogP contribution in [0.4, 0.5) is 10.1 Å². The number of thiocarbonyl (C=S) groups is 1. The van der Waals surface area contributed by atoms with Crippen molar-refractivity contribution in [3.05, 3.63) is 113 Å². The summed E-state index contributed by atoms with van der Waals surface area (Å²) < 4.78 is 19.4. The molecule has 0 aromatic heterocycles. The standard InChI is InChI=1S/C27H18FNO2S2/c28-21-13-11-18(12-14-21)17-31-22-8-3-5-19(15-22)16-25-26(30)29(27(32)33-25)24-10-4-7-20-6-1-2-9-23(20)24/h1-16H,17H2/b25-16-. The predicted molar refractivity (Wildman–Crippen MR) is 137 cm³/mol. The van der Waals surface area contributed by atoms with Gasteiger partial charge in [-0.3, -0.25) is 9.69 Å². The highest BCUT2D eigenvalue weighted by molar-refractivity contribution is 8.27. The second-order valence-corrected chi connectivity index (χ2v) is 9.18. The van der Waals surface area contributed by atoms with E-state index >= 15 is 0 Å². The molecule has 0 bridgehead atoms. The number of benzene rings is 4. The highest BCUT2D eigenvalue weighted by atomic mass is 32.2. The number of fused-ring (bicyclic) bond motifs is 1. The Hall–Kier alpha value is -3.48. The Labute approximate surface area is 200 Å². The maximum absolute atomic E-state index is 13.3. The van der Waals surface area contributed by atoms with Crippen molar-refractivity contribution < 1.29 is 13.9 Å². The van der Waals surface area contributed by atoms with Gasteiger partial charge in [0.1, 0.15) is 18.2 Å². The van der Waals surface area contributed by atoms with Gasteiger partial charge in [0.15, 0.2) is 4.32 Å². The smallest absolute Gasteiger partial charge is 0.270 e. The van der Waals surface area contributed by atoms with Gasteiger partial charge in [0, 0.05) is 5.39 Å². The molecule has 1 amide bonds. The van der Waals surface area contributed by atoms with Gasteiger partial charge < -0.3 is 4.74 Å². The van der Waals surface area contributed by atoms with Crippen LogP contribution in [0.5, 0.6) is 5.75 Å². The summed E-state index contributed by atoms with van der Waals surface area (Å²) in [5.74, 6) is 0.248. The summed E-state index contributed by atoms with van der Waals surface area (Å²) in [6.45, 7) is 0.326. The van der Waals surface area contributed by atoms with Crippen molar-refractivity contribution in [1.82, 2.24) is 0 Å². The molecule has 1 saturated heterocycles. The first-order valence-electron chi connectivity index (χ1n) is 10.3. The van der Waals surface area contributed by atoms with Gasteiger partial charge in [0.2, 0.25) is 0 Å². The lowest BCUT2D eigenvalue weighted by atomic mass is 10.1. The van der Waals surface area contributed by atoms with Crippen LogP contribution in [0, 0.1) is 5.82 Å². The molecular weight excluding hydrogens is 453 g/mol. The first kappa shape index (κ1) is 21.4. The van der Waals surface area contributed by atoms with E-state index in [-0.39, 0.29) is 11.7 Å². The molecule has 5 rings (SSSR count). The largest absolute Gasteiger partial charge is 0.489 e. The van der Waals surface area contributed by atoms with E-state index in [4.69, 9.17) is 17.0 Å². The van der Waals surface area contributed by atoms with Crippen molar-refractivity contribution in [3.63, 3.8) is 0 Å². The molecule has 0 N–H and O–H groups in total. The van der Waals surface area contributed by atoms with Crippen LogP contribution in [0.3, 0.4) is 0 Å². The van der Waals surface area contributed by atoms with E-state index in [2.05, 4.69) is 0 Å². The van der Waals surface area contributed by atoms with E-state index in [1.54, 1.807) is 17.0 Å². The minimum Gasteiger partial charge on any atom is -0.489 e. The zero-order valence-corrected chi connectivity index (χ0v) is 19.0. The normalized spacial score (nSPS) is 14.9. The molecule has 0 radical (unpaired) electrons. The molecule has 3 nitrogen and oxygen atoms in total. The van der Waals surface area contributed by atoms with E-state index in [9.17, 15) is 9.18 Å². The Morgan fingerprint density at radius 2 is 1.70 bits per heavy atom. The quantitative estimate of drug-likeness (QED) is 0.232. The summed E-state index contributed by atoms with van der Waals surface area (Å²) in [6.07, 6.45) is 1.83. The summed E-state index contributed by atoms with van der Waals surface area (Å²) in [5, 5.41) is 2.03. The Morgan fingerprint density at radius 3 is 2.55 bits per heavy atom. The maximum atomic E-state index is 13.3. The van der Waals surface area contributed by atoms with Crippen molar-refractivity contribution in [3.8, 4) is 5.75 Å². The summed E-state index contributed by atoms with van der Waals surface area (Å²) in [7, 11) is 0. The predicted octanol–water partition coefficient (Wildman–Crippen LogP) is 6.96. The Morgan fingerprint density at radius 1 is 0.939 bits per heavy atom. The minimum atomic E-state index is -0.276. The number of carbonyl (C=O) groups is 1. The van der Waals surface area contributed by atoms with Crippen molar-refractivity contribution in [2.75, 3.05) is 4.90 Å². The number of amides is 1. The molecule has 4 aromatic rings. The topological polar surface area (TPSA) is 29.5 Å². The van der Waals surface area contributed by atoms with Gasteiger partial charge in [0.25, 0.3) is 5.91 Å². The van der Waals surface area contributed by atoms with E-state index < -0.39 is 0 Å². The highest BCUT2D eigenvalue weighted by Crippen LogP contribution is 2.39. The number of rotatable bonds is 5. The van der Waals surface area contributed by atoms with Crippen LogP contribution >= 0.6 is 24.0 Å². The molecule has 1 aliphatic heterocycles. The van der Waals surface area contributed by atoms with Crippen LogP contribution in [-0.2, 0) is 11.4 Å². The lowest BCUT2D eigenvalue weighted by molar-refractivity contribution is -0.113. The monoisotopic (exact) mass is 471 g/mol. The zero-order chi connectivity index (χ0) is 22.8. The number of hydrogen-bond acceptors (Lipinski definition) is 4. The average Bonchev–Trinajstić information content (AvgIpc) is 3.11. The van der Waals surface area contributed by atoms with Gasteiger partial charge >= 0.3 is 0 Å². The van der Waals surface area contributed by atoms with E-state index in [1.165, 1.54) is 23.9 Å². The van der Waals surface area contributed by atoms with Crippen LogP contribution < -0.4 is 9.64 Å². The molecule has 162 valence electrons. The number of thioether (sulfide) groups is 1. The third-order valence-corrected chi connectivity index (χ3v) is 6.58. The summed E-state index contributed by atoms with van der Waals surface area (Å²) in [6, 6.07) is 27.5. The molecule has 0 saturated carbocycles. The van der Waals surface area contributed by atoms with Crippen LogP contribution in [0.15, 0.2) is 95.9 Å². The fourth-order valence-corrected chi connectivity index (χ4v) is 4.96. The van der Waals surface area contributed by atoms with Gasteiger partial charge in [-0.2, -0.15) is 0 Å². The van der Waals surface area contributed by atoms with Crippen molar-refractivity contribution in [2.24, 2.45) is 0 Å². The van der Waals surface area contributed by atoms with Crippen LogP contribution in [0.2, 0.25) is 0 Å². The minimum absolute atomic E-state index is 0.140. The van der Waals surface area contributed by atoms with Gasteiger partial charge in [-0.05, 0) is 52.9 Å². The van der Waals surface area contributed by atoms with Gasteiger partial charge in [-0.1, -0.05) is 84.6 Å². The second-order valence-electron chi connectivity index (χ2n) is 7.50. The number of halogens is 1. The van der Waals surface area contributed by atoms with Gasteiger partial charge in [-0.25, -0.2) is 4.39 Å². The molecule has 0 spiro atoms. The fourth-order valence-electron chi connectivity index (χ4n) is 3.67. The number of ether oxygens (including phenoxy) is 1. The molecule has 0 atom stereocenters. The third kappa shape index (κ3) is 4.53. The molecule has 4 aromatic carbocycles. The molecule has 6 heteroatoms. The van der Waals surface area contributed by atoms with Gasteiger partial charge in [-0.15, -0.1) is 0 Å². The van der Waals surface area contributed by atoms with Crippen LogP contribution in [-0.4, -0.2) is 10.2 Å². The SMILES string of the molecule is O=C1/C(=C/c2cccc(OCc3ccc(F)cc3)c2)SC(=S)N1c1cccc2ccccc12. The molecule has 0 aliphatic carbocycles. The first-order chi connectivity index (χ1) is 16.1. The Kier molecular flexibility index (Phi) is 5.94. The van der Waals surface area contributed by atoms with Crippen molar-refractivity contribution >= 4 is 56.7 Å². The number of carbonyl (C=O) groups excluding carboxylic acids is 1. The number of nitrogens with zero attached hydrogens (tertiary/aromatic N) is 1. The number of anilines is 1. The van der Waals surface area contributed by atoms with Crippen molar-refractivity contribution in [2.45, 2.75) is 6.61 Å². The third-order valence-electron chi connectivity index (χ3n) is 5.28. The summed E-state index contributed by atoms with van der Waals surface area (Å²) in [5.41, 5.74) is 2.50. The second kappa shape index (κ2) is 9.17. The zero-order valence-electron chi connectivity index (χ0n) is 17.4. The molecule has 0 unspecified atom stereocenters. The molecule has 1 aliphatic rings. The van der Waals surface area contributed by atoms with E-state index in [0.717, 1.165) is 27.6 Å². The average molecular weight is 472 g/mol. The summed E-state index contributed by atoms with van der Waals surface area (Å²) >= 11 is 6.85. The lowest BCUT2D eigenvalue weighted by Gasteiger charge is -2.17. The summed E-state index contributed by atoms with van der Waals surface area (Å²) in [4.78, 5) is 15.4. The lowest BCUT2D eigenvalue weighted by Crippen LogP contribution is -2.27. The Balaban J connectivity index is 1.37. The van der Waals surface area contributed by atoms with Gasteiger partial charge in [0.05, 0.1) is 10.6 Å². The van der Waals surface area contributed by atoms with E-state index in [1.807, 2.05) is 72.8 Å². The maximum Gasteiger partial charge on any atom is 0.270 e. The highest BCUT2D eigenvalue weighted by Gasteiger charge is 2.34. The Bertz CT molecular complexity index is 1390. The fraction of sp³-hybridized carbons (Fsp3) is 0.0370. The molecule has 1 fully saturated rings. The van der Waals surface area contributed by atoms with E-state index in [0.29, 0.717) is 21.6 Å². The van der Waals surface area contributed by atoms with Crippen molar-refractivity contribution in [1.29, 1.82) is 0 Å². The number of hydrogen-bond donors (Lipinski definition) is 0. The first-order valence-corrected chi connectivity index (χ1v) is 11.5. The van der Waals surface area contributed by atoms with Crippen LogP contribution in [0.1, 0.15) is 11.1 Å². The molecule has 1 heterocycles. The molecular formula is C27H18FNO2S2.